The molecule has 0 saturated carbocycles. The van der Waals surface area contributed by atoms with Crippen LogP contribution in [-0.4, -0.2) is 35.3 Å². The minimum Gasteiger partial charge on any atom is -0.362 e. The number of fused-ring (bicyclic) bond motifs is 1. The van der Waals surface area contributed by atoms with Gasteiger partial charge in [-0.2, -0.15) is 0 Å². The standard InChI is InChI=1S/C11H14BNO2/c1-8-2-3-9-4-5-13(11(12,14)15)7-10(9)6-8/h2-3,6,14-15H,4-5,7H2,1H3. The SMILES string of the molecule is [B]C(O)(O)N1CCc2ccc(C)cc2C1. The molecule has 1 heterocycles. The van der Waals surface area contributed by atoms with E-state index in [-0.39, 0.29) is 0 Å². The molecule has 1 aromatic carbocycles. The van der Waals surface area contributed by atoms with Crippen molar-refractivity contribution >= 4 is 7.85 Å². The largest absolute Gasteiger partial charge is 0.362 e. The first kappa shape index (κ1) is 10.7. The molecule has 1 aliphatic rings. The smallest absolute Gasteiger partial charge is 0.178 e. The zero-order valence-electron chi connectivity index (χ0n) is 8.77. The van der Waals surface area contributed by atoms with Gasteiger partial charge in [0, 0.05) is 13.1 Å². The number of benzene rings is 1. The third kappa shape index (κ3) is 2.22. The Hall–Kier alpha value is -0.835. The lowest BCUT2D eigenvalue weighted by molar-refractivity contribution is -0.202. The normalized spacial score (nSPS) is 17.5. The third-order valence-corrected chi connectivity index (χ3v) is 2.84. The molecule has 0 amide bonds. The summed E-state index contributed by atoms with van der Waals surface area (Å²) in [5.41, 5.74) is 3.56. The van der Waals surface area contributed by atoms with Gasteiger partial charge in [-0.15, -0.1) is 0 Å². The van der Waals surface area contributed by atoms with Crippen LogP contribution in [0.15, 0.2) is 18.2 Å². The lowest BCUT2D eigenvalue weighted by atomic mass is 9.94. The highest BCUT2D eigenvalue weighted by Gasteiger charge is 2.28. The number of hydrogen-bond acceptors (Lipinski definition) is 3. The first-order valence-corrected chi connectivity index (χ1v) is 5.04. The Bertz CT molecular complexity index is 373. The Morgan fingerprint density at radius 3 is 2.73 bits per heavy atom. The predicted octanol–water partition coefficient (Wildman–Crippen LogP) is 0.118. The molecule has 1 aromatic rings. The fraction of sp³-hybridized carbons (Fsp3) is 0.455. The highest BCUT2D eigenvalue weighted by molar-refractivity contribution is 6.12. The lowest BCUT2D eigenvalue weighted by Crippen LogP contribution is -2.51. The van der Waals surface area contributed by atoms with Crippen LogP contribution in [0.2, 0.25) is 0 Å². The van der Waals surface area contributed by atoms with E-state index in [0.717, 1.165) is 12.0 Å². The minimum atomic E-state index is -2.21. The zero-order valence-corrected chi connectivity index (χ0v) is 8.77. The molecule has 0 aromatic heterocycles. The van der Waals surface area contributed by atoms with Gasteiger partial charge in [-0.05, 0) is 24.5 Å². The molecule has 15 heavy (non-hydrogen) atoms. The number of nitrogens with zero attached hydrogens (tertiary/aromatic N) is 1. The van der Waals surface area contributed by atoms with Crippen molar-refractivity contribution < 1.29 is 10.2 Å². The van der Waals surface area contributed by atoms with Crippen LogP contribution in [0.5, 0.6) is 0 Å². The summed E-state index contributed by atoms with van der Waals surface area (Å²) in [6.07, 6.45) is 0.801. The van der Waals surface area contributed by atoms with Gasteiger partial charge in [0.1, 0.15) is 0 Å². The lowest BCUT2D eigenvalue weighted by Gasteiger charge is -2.37. The van der Waals surface area contributed by atoms with E-state index in [2.05, 4.69) is 18.2 Å². The second-order valence-electron chi connectivity index (χ2n) is 4.13. The first-order chi connectivity index (χ1) is 6.97. The van der Waals surface area contributed by atoms with E-state index in [1.54, 1.807) is 0 Å². The zero-order chi connectivity index (χ0) is 11.1. The number of hydrogen-bond donors (Lipinski definition) is 2. The average Bonchev–Trinajstić information content (AvgIpc) is 2.15. The summed E-state index contributed by atoms with van der Waals surface area (Å²) in [5.74, 6) is -2.21. The summed E-state index contributed by atoms with van der Waals surface area (Å²) >= 11 is 0. The van der Waals surface area contributed by atoms with Crippen LogP contribution >= 0.6 is 0 Å². The average molecular weight is 203 g/mol. The Morgan fingerprint density at radius 2 is 2.07 bits per heavy atom. The fourth-order valence-electron chi connectivity index (χ4n) is 1.97. The fourth-order valence-corrected chi connectivity index (χ4v) is 1.97. The van der Waals surface area contributed by atoms with Crippen molar-refractivity contribution in [1.82, 2.24) is 4.90 Å². The molecule has 0 saturated heterocycles. The monoisotopic (exact) mass is 203 g/mol. The van der Waals surface area contributed by atoms with E-state index in [4.69, 9.17) is 7.85 Å². The van der Waals surface area contributed by atoms with Crippen LogP contribution in [-0.2, 0) is 13.0 Å². The molecule has 2 N–H and O–H groups in total. The molecule has 0 unspecified atom stereocenters. The summed E-state index contributed by atoms with van der Waals surface area (Å²) in [6, 6.07) is 6.23. The Labute approximate surface area is 90.8 Å². The summed E-state index contributed by atoms with van der Waals surface area (Å²) in [6.45, 7) is 3.08. The second kappa shape index (κ2) is 3.63. The van der Waals surface area contributed by atoms with Gasteiger partial charge in [-0.25, -0.2) is 0 Å². The molecule has 0 bridgehead atoms. The van der Waals surface area contributed by atoms with Gasteiger partial charge in [-0.3, -0.25) is 4.90 Å². The highest BCUT2D eigenvalue weighted by atomic mass is 16.5. The predicted molar refractivity (Wildman–Crippen MR) is 58.2 cm³/mol. The summed E-state index contributed by atoms with van der Waals surface area (Å²) in [5, 5.41) is 18.6. The molecule has 2 rings (SSSR count). The van der Waals surface area contributed by atoms with E-state index in [1.165, 1.54) is 16.0 Å². The van der Waals surface area contributed by atoms with E-state index in [9.17, 15) is 10.2 Å². The van der Waals surface area contributed by atoms with Gasteiger partial charge in [0.15, 0.2) is 13.7 Å². The van der Waals surface area contributed by atoms with Gasteiger partial charge in [-0.1, -0.05) is 23.8 Å². The van der Waals surface area contributed by atoms with Crippen LogP contribution in [0.3, 0.4) is 0 Å². The van der Waals surface area contributed by atoms with E-state index in [1.807, 2.05) is 6.92 Å². The van der Waals surface area contributed by atoms with Crippen LogP contribution in [0.25, 0.3) is 0 Å². The van der Waals surface area contributed by atoms with Crippen molar-refractivity contribution in [2.45, 2.75) is 25.7 Å². The molecule has 4 heteroatoms. The quantitative estimate of drug-likeness (QED) is 0.503. The van der Waals surface area contributed by atoms with Crippen molar-refractivity contribution in [2.24, 2.45) is 0 Å². The van der Waals surface area contributed by atoms with Crippen molar-refractivity contribution in [3.05, 3.63) is 34.9 Å². The maximum atomic E-state index is 9.30. The topological polar surface area (TPSA) is 43.7 Å². The van der Waals surface area contributed by atoms with Gasteiger partial charge < -0.3 is 10.2 Å². The van der Waals surface area contributed by atoms with Crippen molar-refractivity contribution in [1.29, 1.82) is 0 Å². The molecule has 0 aliphatic carbocycles. The highest BCUT2D eigenvalue weighted by Crippen LogP contribution is 2.22. The molecule has 1 aliphatic heterocycles. The Balaban J connectivity index is 2.26. The molecule has 0 spiro atoms. The maximum Gasteiger partial charge on any atom is 0.178 e. The molecular formula is C11H14BNO2. The Kier molecular flexibility index (Phi) is 2.58. The van der Waals surface area contributed by atoms with Gasteiger partial charge in [0.05, 0.1) is 0 Å². The second-order valence-corrected chi connectivity index (χ2v) is 4.13. The summed E-state index contributed by atoms with van der Waals surface area (Å²) in [4.78, 5) is 1.45. The van der Waals surface area contributed by atoms with Gasteiger partial charge in [0.2, 0.25) is 0 Å². The van der Waals surface area contributed by atoms with E-state index in [0.29, 0.717) is 13.1 Å². The Morgan fingerprint density at radius 1 is 1.33 bits per heavy atom. The number of aryl methyl sites for hydroxylation is 1. The van der Waals surface area contributed by atoms with Crippen LogP contribution in [0, 0.1) is 6.92 Å². The van der Waals surface area contributed by atoms with Crippen LogP contribution < -0.4 is 0 Å². The van der Waals surface area contributed by atoms with E-state index < -0.39 is 5.81 Å². The molecule has 3 nitrogen and oxygen atoms in total. The van der Waals surface area contributed by atoms with E-state index >= 15 is 0 Å². The van der Waals surface area contributed by atoms with Crippen molar-refractivity contribution in [3.8, 4) is 0 Å². The first-order valence-electron chi connectivity index (χ1n) is 5.04. The minimum absolute atomic E-state index is 0.487. The van der Waals surface area contributed by atoms with Crippen molar-refractivity contribution in [3.63, 3.8) is 0 Å². The number of aliphatic hydroxyl groups is 2. The number of rotatable bonds is 1. The van der Waals surface area contributed by atoms with Crippen molar-refractivity contribution in [2.75, 3.05) is 6.54 Å². The molecule has 0 atom stereocenters. The summed E-state index contributed by atoms with van der Waals surface area (Å²) < 4.78 is 0. The molecule has 78 valence electrons. The van der Waals surface area contributed by atoms with Gasteiger partial charge in [0.25, 0.3) is 0 Å². The van der Waals surface area contributed by atoms with Crippen LogP contribution in [0.4, 0.5) is 0 Å². The maximum absolute atomic E-state index is 9.30. The summed E-state index contributed by atoms with van der Waals surface area (Å²) in [7, 11) is 5.24. The molecule has 2 radical (unpaired) electrons. The van der Waals surface area contributed by atoms with Gasteiger partial charge >= 0.3 is 0 Å². The molecular weight excluding hydrogens is 189 g/mol. The van der Waals surface area contributed by atoms with Crippen LogP contribution in [0.1, 0.15) is 16.7 Å². The molecule has 0 fully saturated rings. The third-order valence-electron chi connectivity index (χ3n) is 2.84.